The van der Waals surface area contributed by atoms with E-state index in [0.29, 0.717) is 38.0 Å². The molecule has 2 spiro atoms. The lowest BCUT2D eigenvalue weighted by Crippen LogP contribution is -2.65. The maximum atomic E-state index is 12.6. The van der Waals surface area contributed by atoms with Crippen molar-refractivity contribution < 1.29 is 48.5 Å². The van der Waals surface area contributed by atoms with Crippen molar-refractivity contribution in [2.24, 2.45) is 52.3 Å². The van der Waals surface area contributed by atoms with E-state index in [1.807, 2.05) is 0 Å². The van der Waals surface area contributed by atoms with Crippen LogP contribution < -0.4 is 0 Å². The van der Waals surface area contributed by atoms with Gasteiger partial charge in [-0.2, -0.15) is 19.6 Å². The Bertz CT molecular complexity index is 1140. The van der Waals surface area contributed by atoms with Gasteiger partial charge < -0.3 is 14.6 Å². The SMILES string of the molecule is CC(=O)OC1C[C@@H]2CC3(CC[C@]2(C)C2C[C@H](OC(C)=O)[C@]4(C)C(C(C)CCC(=O)O)CCC4C12)OOC1(CCC(C)CC1)OO3. The zero-order valence-electron chi connectivity index (χ0n) is 28.0. The number of fused-ring (bicyclic) bond motifs is 5. The van der Waals surface area contributed by atoms with Crippen molar-refractivity contribution in [3.05, 3.63) is 0 Å². The van der Waals surface area contributed by atoms with Gasteiger partial charge in [0.2, 0.25) is 11.6 Å². The van der Waals surface area contributed by atoms with Gasteiger partial charge in [0.15, 0.2) is 0 Å². The van der Waals surface area contributed by atoms with Crippen LogP contribution in [0, 0.1) is 52.3 Å². The van der Waals surface area contributed by atoms with Crippen molar-refractivity contribution >= 4 is 17.9 Å². The molecule has 6 unspecified atom stereocenters. The maximum Gasteiger partial charge on any atom is 0.303 e. The van der Waals surface area contributed by atoms with Crippen LogP contribution in [0.3, 0.4) is 0 Å². The summed E-state index contributed by atoms with van der Waals surface area (Å²) in [7, 11) is 0. The molecule has 10 atom stereocenters. The second-order valence-corrected chi connectivity index (χ2v) is 16.2. The Hall–Kier alpha value is -1.75. The number of carbonyl (C=O) groups is 3. The quantitative estimate of drug-likeness (QED) is 0.248. The summed E-state index contributed by atoms with van der Waals surface area (Å²) < 4.78 is 12.4. The van der Waals surface area contributed by atoms with Crippen LogP contribution in [0.2, 0.25) is 0 Å². The molecule has 0 radical (unpaired) electrons. The second kappa shape index (κ2) is 12.0. The van der Waals surface area contributed by atoms with E-state index < -0.39 is 17.5 Å². The van der Waals surface area contributed by atoms with Gasteiger partial charge in [0.05, 0.1) is 0 Å². The minimum atomic E-state index is -1.01. The van der Waals surface area contributed by atoms with Crippen molar-refractivity contribution in [2.45, 2.75) is 149 Å². The first-order valence-corrected chi connectivity index (χ1v) is 17.5. The number of carboxylic acids is 1. The first-order valence-electron chi connectivity index (χ1n) is 17.5. The smallest absolute Gasteiger partial charge is 0.303 e. The largest absolute Gasteiger partial charge is 0.481 e. The van der Waals surface area contributed by atoms with Crippen LogP contribution in [0.5, 0.6) is 0 Å². The lowest BCUT2D eigenvalue weighted by Gasteiger charge is -2.65. The Morgan fingerprint density at radius 1 is 0.844 bits per heavy atom. The molecule has 1 aliphatic heterocycles. The minimum Gasteiger partial charge on any atom is -0.481 e. The monoisotopic (exact) mass is 634 g/mol. The van der Waals surface area contributed by atoms with E-state index >= 15 is 0 Å². The molecule has 0 aromatic heterocycles. The molecule has 0 aromatic carbocycles. The first-order chi connectivity index (χ1) is 21.2. The Labute approximate surface area is 267 Å². The van der Waals surface area contributed by atoms with Crippen LogP contribution in [-0.4, -0.2) is 46.8 Å². The van der Waals surface area contributed by atoms with Crippen LogP contribution in [-0.2, 0) is 43.4 Å². The Morgan fingerprint density at radius 2 is 1.49 bits per heavy atom. The summed E-state index contributed by atoms with van der Waals surface area (Å²) in [5.41, 5.74) is -0.466. The second-order valence-electron chi connectivity index (χ2n) is 16.2. The number of rotatable bonds is 6. The topological polar surface area (TPSA) is 127 Å². The maximum absolute atomic E-state index is 12.6. The normalized spacial score (nSPS) is 48.1. The van der Waals surface area contributed by atoms with Gasteiger partial charge in [0.1, 0.15) is 12.2 Å². The Morgan fingerprint density at radius 3 is 2.11 bits per heavy atom. The number of ether oxygens (including phenoxy) is 2. The molecule has 10 heteroatoms. The van der Waals surface area contributed by atoms with E-state index in [1.165, 1.54) is 13.8 Å². The summed E-state index contributed by atoms with van der Waals surface area (Å²) in [6.45, 7) is 12.0. The van der Waals surface area contributed by atoms with Crippen LogP contribution >= 0.6 is 0 Å². The molecule has 1 heterocycles. The summed E-state index contributed by atoms with van der Waals surface area (Å²) in [5, 5.41) is 9.40. The average molecular weight is 635 g/mol. The molecule has 6 rings (SSSR count). The van der Waals surface area contributed by atoms with Crippen LogP contribution in [0.4, 0.5) is 0 Å². The third kappa shape index (κ3) is 5.84. The van der Waals surface area contributed by atoms with E-state index in [1.54, 1.807) is 0 Å². The molecule has 6 fully saturated rings. The van der Waals surface area contributed by atoms with Gasteiger partial charge in [0, 0.05) is 57.3 Å². The predicted octanol–water partition coefficient (Wildman–Crippen LogP) is 6.74. The van der Waals surface area contributed by atoms with Crippen molar-refractivity contribution in [3.8, 4) is 0 Å². The highest BCUT2D eigenvalue weighted by Crippen LogP contribution is 2.70. The molecule has 10 nitrogen and oxygen atoms in total. The molecule has 1 saturated heterocycles. The third-order valence-corrected chi connectivity index (χ3v) is 13.7. The van der Waals surface area contributed by atoms with Gasteiger partial charge in [-0.05, 0) is 92.3 Å². The minimum absolute atomic E-state index is 0.110. The van der Waals surface area contributed by atoms with Gasteiger partial charge in [0.25, 0.3) is 0 Å². The standard InChI is InChI=1S/C35H54O10/c1-20-11-13-34(14-12-20)42-44-35(45-43-34)16-15-32(5)24(19-35)17-28(40-22(3)36)31-26-9-8-25(21(2)7-10-30(38)39)33(26,6)29(18-27(31)32)41-23(4)37/h20-21,24-29,31H,7-19H2,1-6H3,(H,38,39)/t20?,21?,24-,25?,26?,27?,28?,29+,31?,32+,33-,34?,35?/m1/s1. The van der Waals surface area contributed by atoms with Gasteiger partial charge >= 0.3 is 17.9 Å². The van der Waals surface area contributed by atoms with E-state index in [9.17, 15) is 19.5 Å². The summed E-state index contributed by atoms with van der Waals surface area (Å²) >= 11 is 0. The van der Waals surface area contributed by atoms with Crippen LogP contribution in [0.15, 0.2) is 0 Å². The predicted molar refractivity (Wildman–Crippen MR) is 161 cm³/mol. The molecule has 5 aliphatic carbocycles. The van der Waals surface area contributed by atoms with Gasteiger partial charge in [-0.3, -0.25) is 14.4 Å². The number of aliphatic carboxylic acids is 1. The summed E-state index contributed by atoms with van der Waals surface area (Å²) in [4.78, 5) is 61.0. The van der Waals surface area contributed by atoms with Crippen molar-refractivity contribution in [1.29, 1.82) is 0 Å². The van der Waals surface area contributed by atoms with Gasteiger partial charge in [-0.1, -0.05) is 27.7 Å². The number of hydrogen-bond acceptors (Lipinski definition) is 9. The van der Waals surface area contributed by atoms with E-state index in [-0.39, 0.29) is 76.9 Å². The molecule has 1 N–H and O–H groups in total. The molecule has 0 bridgehead atoms. The van der Waals surface area contributed by atoms with Crippen molar-refractivity contribution in [1.82, 2.24) is 0 Å². The zero-order valence-corrected chi connectivity index (χ0v) is 28.0. The van der Waals surface area contributed by atoms with Gasteiger partial charge in [-0.25, -0.2) is 0 Å². The molecule has 5 saturated carbocycles. The number of esters is 2. The van der Waals surface area contributed by atoms with Gasteiger partial charge in [-0.15, -0.1) is 0 Å². The molecular weight excluding hydrogens is 580 g/mol. The van der Waals surface area contributed by atoms with E-state index in [0.717, 1.165) is 44.9 Å². The first kappa shape index (κ1) is 33.2. The van der Waals surface area contributed by atoms with E-state index in [2.05, 4.69) is 27.7 Å². The highest BCUT2D eigenvalue weighted by atomic mass is 17.4. The van der Waals surface area contributed by atoms with E-state index in [4.69, 9.17) is 29.0 Å². The molecular formula is C35H54O10. The zero-order chi connectivity index (χ0) is 32.4. The number of carbonyl (C=O) groups excluding carboxylic acids is 2. The summed E-state index contributed by atoms with van der Waals surface area (Å²) in [6.07, 6.45) is 8.84. The summed E-state index contributed by atoms with van der Waals surface area (Å²) in [6, 6.07) is 0. The molecule has 45 heavy (non-hydrogen) atoms. The van der Waals surface area contributed by atoms with Crippen LogP contribution in [0.1, 0.15) is 125 Å². The summed E-state index contributed by atoms with van der Waals surface area (Å²) in [5.74, 6) is -1.66. The fourth-order valence-corrected chi connectivity index (χ4v) is 11.2. The fraction of sp³-hybridized carbons (Fsp3) is 0.914. The van der Waals surface area contributed by atoms with Crippen molar-refractivity contribution in [2.75, 3.05) is 0 Å². The number of carboxylic acid groups (broad SMARTS) is 1. The highest BCUT2D eigenvalue weighted by molar-refractivity contribution is 5.67. The lowest BCUT2D eigenvalue weighted by molar-refractivity contribution is -0.665. The lowest BCUT2D eigenvalue weighted by atomic mass is 9.42. The van der Waals surface area contributed by atoms with Crippen LogP contribution in [0.25, 0.3) is 0 Å². The Balaban J connectivity index is 1.28. The molecule has 6 aliphatic rings. The van der Waals surface area contributed by atoms with Crippen molar-refractivity contribution in [3.63, 3.8) is 0 Å². The average Bonchev–Trinajstić information content (AvgIpc) is 3.34. The molecule has 0 aromatic rings. The highest BCUT2D eigenvalue weighted by Gasteiger charge is 2.69. The third-order valence-electron chi connectivity index (χ3n) is 13.7. The fourth-order valence-electron chi connectivity index (χ4n) is 11.2. The number of hydrogen-bond donors (Lipinski definition) is 1. The molecule has 0 amide bonds. The molecule has 254 valence electrons. The Kier molecular flexibility index (Phi) is 8.88.